The van der Waals surface area contributed by atoms with Gasteiger partial charge in [0.2, 0.25) is 0 Å². The number of benzene rings is 1. The van der Waals surface area contributed by atoms with Crippen molar-refractivity contribution in [2.75, 3.05) is 0 Å². The normalized spacial score (nSPS) is 10.5. The fourth-order valence-electron chi connectivity index (χ4n) is 1.31. The first-order chi connectivity index (χ1) is 6.68. The van der Waals surface area contributed by atoms with Crippen molar-refractivity contribution in [3.63, 3.8) is 0 Å². The van der Waals surface area contributed by atoms with Crippen LogP contribution in [0.15, 0.2) is 33.3 Å². The number of rotatable bonds is 1. The van der Waals surface area contributed by atoms with Gasteiger partial charge in [-0.3, -0.25) is 0 Å². The predicted octanol–water partition coefficient (Wildman–Crippen LogP) is 3.72. The summed E-state index contributed by atoms with van der Waals surface area (Å²) >= 11 is 3.43. The molecule has 0 radical (unpaired) electrons. The molecule has 1 aromatic carbocycles. The van der Waals surface area contributed by atoms with Crippen molar-refractivity contribution in [2.45, 2.75) is 13.8 Å². The highest BCUT2D eigenvalue weighted by atomic mass is 79.9. The molecule has 1 aromatic heterocycles. The van der Waals surface area contributed by atoms with Crippen LogP contribution in [0.3, 0.4) is 0 Å². The molecule has 0 amide bonds. The molecule has 2 aromatic rings. The Balaban J connectivity index is 2.55. The first-order valence-corrected chi connectivity index (χ1v) is 5.16. The highest BCUT2D eigenvalue weighted by Crippen LogP contribution is 2.27. The van der Waals surface area contributed by atoms with Gasteiger partial charge in [0.05, 0.1) is 5.69 Å². The zero-order valence-electron chi connectivity index (χ0n) is 8.04. The summed E-state index contributed by atoms with van der Waals surface area (Å²) < 4.78 is 6.31. The average Bonchev–Trinajstić information content (AvgIpc) is 2.48. The van der Waals surface area contributed by atoms with E-state index in [1.807, 2.05) is 38.1 Å². The van der Waals surface area contributed by atoms with E-state index in [4.69, 9.17) is 4.52 Å². The van der Waals surface area contributed by atoms with Crippen molar-refractivity contribution >= 4 is 15.9 Å². The molecule has 0 aliphatic rings. The van der Waals surface area contributed by atoms with Crippen LogP contribution in [-0.4, -0.2) is 5.16 Å². The first kappa shape index (κ1) is 9.46. The largest absolute Gasteiger partial charge is 0.356 e. The lowest BCUT2D eigenvalue weighted by molar-refractivity contribution is 0.427. The summed E-state index contributed by atoms with van der Waals surface area (Å²) in [6, 6.07) is 8.00. The fraction of sp³-hybridized carbons (Fsp3) is 0.182. The summed E-state index contributed by atoms with van der Waals surface area (Å²) in [6.45, 7) is 3.96. The Morgan fingerprint density at radius 3 is 2.64 bits per heavy atom. The van der Waals surface area contributed by atoms with Crippen molar-refractivity contribution < 1.29 is 4.52 Å². The molecule has 0 atom stereocenters. The second-order valence-corrected chi connectivity index (χ2v) is 4.15. The summed E-state index contributed by atoms with van der Waals surface area (Å²) in [4.78, 5) is 0. The standard InChI is InChI=1S/C11H10BrNO/c1-7-8(2)13-14-11(7)9-4-3-5-10(12)6-9/h3-6H,1-2H3. The van der Waals surface area contributed by atoms with Gasteiger partial charge in [-0.05, 0) is 26.0 Å². The highest BCUT2D eigenvalue weighted by molar-refractivity contribution is 9.10. The molecule has 0 aliphatic carbocycles. The van der Waals surface area contributed by atoms with Crippen molar-refractivity contribution in [1.82, 2.24) is 5.16 Å². The van der Waals surface area contributed by atoms with Crippen molar-refractivity contribution in [3.8, 4) is 11.3 Å². The van der Waals surface area contributed by atoms with Crippen LogP contribution in [0, 0.1) is 13.8 Å². The van der Waals surface area contributed by atoms with E-state index in [2.05, 4.69) is 21.1 Å². The van der Waals surface area contributed by atoms with Crippen LogP contribution in [0.5, 0.6) is 0 Å². The molecule has 0 fully saturated rings. The Kier molecular flexibility index (Phi) is 2.42. The Bertz CT molecular complexity index is 462. The van der Waals surface area contributed by atoms with Crippen molar-refractivity contribution in [1.29, 1.82) is 0 Å². The lowest BCUT2D eigenvalue weighted by atomic mass is 10.1. The van der Waals surface area contributed by atoms with Crippen LogP contribution < -0.4 is 0 Å². The van der Waals surface area contributed by atoms with Gasteiger partial charge in [0, 0.05) is 15.6 Å². The second kappa shape index (κ2) is 3.58. The first-order valence-electron chi connectivity index (χ1n) is 4.37. The Morgan fingerprint density at radius 1 is 1.29 bits per heavy atom. The predicted molar refractivity (Wildman–Crippen MR) is 59.1 cm³/mol. The number of nitrogens with zero attached hydrogens (tertiary/aromatic N) is 1. The molecule has 14 heavy (non-hydrogen) atoms. The minimum absolute atomic E-state index is 0.851. The van der Waals surface area contributed by atoms with Crippen LogP contribution in [0.25, 0.3) is 11.3 Å². The third-order valence-electron chi connectivity index (χ3n) is 2.24. The minimum atomic E-state index is 0.851. The summed E-state index contributed by atoms with van der Waals surface area (Å²) in [5.74, 6) is 0.851. The molecule has 0 unspecified atom stereocenters. The van der Waals surface area contributed by atoms with E-state index >= 15 is 0 Å². The molecule has 1 heterocycles. The van der Waals surface area contributed by atoms with Gasteiger partial charge in [-0.2, -0.15) is 0 Å². The molecule has 72 valence electrons. The van der Waals surface area contributed by atoms with Gasteiger partial charge in [0.15, 0.2) is 5.76 Å². The maximum atomic E-state index is 5.27. The van der Waals surface area contributed by atoms with Gasteiger partial charge < -0.3 is 4.52 Å². The smallest absolute Gasteiger partial charge is 0.170 e. The molecule has 0 bridgehead atoms. The van der Waals surface area contributed by atoms with Gasteiger partial charge in [-0.25, -0.2) is 0 Å². The van der Waals surface area contributed by atoms with Gasteiger partial charge in [-0.1, -0.05) is 33.2 Å². The maximum Gasteiger partial charge on any atom is 0.170 e. The molecule has 0 saturated heterocycles. The minimum Gasteiger partial charge on any atom is -0.356 e. The Hall–Kier alpha value is -1.09. The van der Waals surface area contributed by atoms with Crippen molar-refractivity contribution in [2.24, 2.45) is 0 Å². The quantitative estimate of drug-likeness (QED) is 0.773. The van der Waals surface area contributed by atoms with Crippen LogP contribution in [-0.2, 0) is 0 Å². The summed E-state index contributed by atoms with van der Waals surface area (Å²) in [5.41, 5.74) is 3.10. The van der Waals surface area contributed by atoms with E-state index in [1.54, 1.807) is 0 Å². The second-order valence-electron chi connectivity index (χ2n) is 3.23. The zero-order chi connectivity index (χ0) is 10.1. The van der Waals surface area contributed by atoms with Gasteiger partial charge in [0.25, 0.3) is 0 Å². The van der Waals surface area contributed by atoms with Gasteiger partial charge >= 0.3 is 0 Å². The van der Waals surface area contributed by atoms with Crippen LogP contribution in [0.4, 0.5) is 0 Å². The average molecular weight is 252 g/mol. The van der Waals surface area contributed by atoms with Gasteiger partial charge in [-0.15, -0.1) is 0 Å². The molecule has 2 nitrogen and oxygen atoms in total. The molecule has 0 N–H and O–H groups in total. The number of halogens is 1. The van der Waals surface area contributed by atoms with Crippen molar-refractivity contribution in [3.05, 3.63) is 40.0 Å². The molecule has 3 heteroatoms. The van der Waals surface area contributed by atoms with Gasteiger partial charge in [0.1, 0.15) is 0 Å². The molecule has 0 aliphatic heterocycles. The monoisotopic (exact) mass is 251 g/mol. The number of hydrogen-bond donors (Lipinski definition) is 0. The van der Waals surface area contributed by atoms with E-state index < -0.39 is 0 Å². The SMILES string of the molecule is Cc1noc(-c2cccc(Br)c2)c1C. The van der Waals surface area contributed by atoms with E-state index in [9.17, 15) is 0 Å². The zero-order valence-corrected chi connectivity index (χ0v) is 9.63. The number of hydrogen-bond acceptors (Lipinski definition) is 2. The topological polar surface area (TPSA) is 26.0 Å². The molecule has 0 spiro atoms. The molecule has 2 rings (SSSR count). The maximum absolute atomic E-state index is 5.27. The van der Waals surface area contributed by atoms with Crippen LogP contribution in [0.1, 0.15) is 11.3 Å². The van der Waals surface area contributed by atoms with E-state index in [1.165, 1.54) is 0 Å². The third kappa shape index (κ3) is 1.60. The van der Waals surface area contributed by atoms with Crippen LogP contribution in [0.2, 0.25) is 0 Å². The highest BCUT2D eigenvalue weighted by Gasteiger charge is 2.10. The summed E-state index contributed by atoms with van der Waals surface area (Å²) in [5, 5.41) is 3.93. The van der Waals surface area contributed by atoms with Crippen LogP contribution >= 0.6 is 15.9 Å². The summed E-state index contributed by atoms with van der Waals surface area (Å²) in [7, 11) is 0. The Morgan fingerprint density at radius 2 is 2.07 bits per heavy atom. The van der Waals surface area contributed by atoms with E-state index in [-0.39, 0.29) is 0 Å². The fourth-order valence-corrected chi connectivity index (χ4v) is 1.71. The number of aryl methyl sites for hydroxylation is 1. The lowest BCUT2D eigenvalue weighted by Gasteiger charge is -1.97. The number of aromatic nitrogens is 1. The molecule has 0 saturated carbocycles. The molecular formula is C11H10BrNO. The Labute approximate surface area is 91.1 Å². The lowest BCUT2D eigenvalue weighted by Crippen LogP contribution is -1.78. The summed E-state index contributed by atoms with van der Waals surface area (Å²) in [6.07, 6.45) is 0. The molecular weight excluding hydrogens is 242 g/mol. The third-order valence-corrected chi connectivity index (χ3v) is 2.74. The van der Waals surface area contributed by atoms with E-state index in [0.717, 1.165) is 27.1 Å². The van der Waals surface area contributed by atoms with E-state index in [0.29, 0.717) is 0 Å².